The Morgan fingerprint density at radius 1 is 1.23 bits per heavy atom. The van der Waals surface area contributed by atoms with Crippen molar-refractivity contribution in [3.8, 4) is 17.0 Å². The molecule has 5 nitrogen and oxygen atoms in total. The second kappa shape index (κ2) is 5.81. The highest BCUT2D eigenvalue weighted by Crippen LogP contribution is 2.33. The summed E-state index contributed by atoms with van der Waals surface area (Å²) < 4.78 is 12.8. The fourth-order valence-electron chi connectivity index (χ4n) is 2.36. The van der Waals surface area contributed by atoms with Gasteiger partial charge in [0.15, 0.2) is 0 Å². The van der Waals surface area contributed by atoms with Crippen molar-refractivity contribution in [3.63, 3.8) is 0 Å². The van der Waals surface area contributed by atoms with Gasteiger partial charge in [-0.05, 0) is 22.0 Å². The van der Waals surface area contributed by atoms with E-state index in [2.05, 4.69) is 21.0 Å². The van der Waals surface area contributed by atoms with Crippen molar-refractivity contribution in [2.45, 2.75) is 0 Å². The van der Waals surface area contributed by atoms with E-state index in [-0.39, 0.29) is 0 Å². The Hall–Kier alpha value is -2.34. The van der Waals surface area contributed by atoms with E-state index >= 15 is 0 Å². The molecule has 0 N–H and O–H groups in total. The molecule has 2 aromatic heterocycles. The average molecular weight is 361 g/mol. The molecule has 0 atom stereocenters. The number of pyridine rings is 1. The van der Waals surface area contributed by atoms with Crippen molar-refractivity contribution in [3.05, 3.63) is 52.6 Å². The highest BCUT2D eigenvalue weighted by Gasteiger charge is 2.24. The predicted octanol–water partition coefficient (Wildman–Crippen LogP) is 3.56. The molecule has 2 heterocycles. The lowest BCUT2D eigenvalue weighted by Crippen LogP contribution is -2.03. The second-order valence-electron chi connectivity index (χ2n) is 4.60. The van der Waals surface area contributed by atoms with Gasteiger partial charge in [-0.3, -0.25) is 0 Å². The third kappa shape index (κ3) is 2.35. The molecular formula is C16H13BrN2O3. The summed E-state index contributed by atoms with van der Waals surface area (Å²) in [5.74, 6) is 0.0962. The molecule has 0 spiro atoms. The van der Waals surface area contributed by atoms with E-state index in [1.807, 2.05) is 30.3 Å². The summed E-state index contributed by atoms with van der Waals surface area (Å²) in [6.07, 6.45) is 1.77. The van der Waals surface area contributed by atoms with Crippen molar-refractivity contribution in [1.29, 1.82) is 0 Å². The third-order valence-corrected chi connectivity index (χ3v) is 3.75. The number of hydrogen-bond donors (Lipinski definition) is 0. The molecule has 112 valence electrons. The maximum Gasteiger partial charge on any atom is 0.342 e. The number of halogens is 1. The summed E-state index contributed by atoms with van der Waals surface area (Å²) in [6, 6.07) is 11.3. The summed E-state index contributed by atoms with van der Waals surface area (Å²) in [5.41, 5.74) is 2.36. The SMILES string of the molecule is COC(=O)c1c(-c2ccccc2)nn2cc(Br)cc(OC)c12. The maximum atomic E-state index is 12.3. The first kappa shape index (κ1) is 14.6. The van der Waals surface area contributed by atoms with Gasteiger partial charge in [0, 0.05) is 16.2 Å². The van der Waals surface area contributed by atoms with Gasteiger partial charge in [-0.2, -0.15) is 5.10 Å². The predicted molar refractivity (Wildman–Crippen MR) is 86.2 cm³/mol. The van der Waals surface area contributed by atoms with Crippen LogP contribution in [0.3, 0.4) is 0 Å². The van der Waals surface area contributed by atoms with Gasteiger partial charge in [-0.25, -0.2) is 9.31 Å². The Bertz CT molecular complexity index is 843. The van der Waals surface area contributed by atoms with Crippen molar-refractivity contribution in [2.24, 2.45) is 0 Å². The van der Waals surface area contributed by atoms with Gasteiger partial charge in [-0.1, -0.05) is 30.3 Å². The van der Waals surface area contributed by atoms with E-state index in [4.69, 9.17) is 9.47 Å². The van der Waals surface area contributed by atoms with Gasteiger partial charge < -0.3 is 9.47 Å². The lowest BCUT2D eigenvalue weighted by atomic mass is 10.1. The Morgan fingerprint density at radius 2 is 1.95 bits per heavy atom. The summed E-state index contributed by atoms with van der Waals surface area (Å²) >= 11 is 3.41. The normalized spacial score (nSPS) is 10.7. The summed E-state index contributed by atoms with van der Waals surface area (Å²) in [4.78, 5) is 12.3. The van der Waals surface area contributed by atoms with Crippen LogP contribution >= 0.6 is 15.9 Å². The molecule has 1 aromatic carbocycles. The number of aromatic nitrogens is 2. The zero-order valence-corrected chi connectivity index (χ0v) is 13.6. The first-order chi connectivity index (χ1) is 10.7. The van der Waals surface area contributed by atoms with E-state index in [1.165, 1.54) is 7.11 Å². The number of ether oxygens (including phenoxy) is 2. The zero-order chi connectivity index (χ0) is 15.7. The van der Waals surface area contributed by atoms with Gasteiger partial charge in [0.1, 0.15) is 22.5 Å². The van der Waals surface area contributed by atoms with Gasteiger partial charge in [0.2, 0.25) is 0 Å². The van der Waals surface area contributed by atoms with Crippen LogP contribution in [-0.2, 0) is 4.74 Å². The highest BCUT2D eigenvalue weighted by atomic mass is 79.9. The Balaban J connectivity index is 2.40. The van der Waals surface area contributed by atoms with Crippen LogP contribution in [0.4, 0.5) is 0 Å². The van der Waals surface area contributed by atoms with Gasteiger partial charge in [0.25, 0.3) is 0 Å². The molecule has 0 aliphatic heterocycles. The van der Waals surface area contributed by atoms with Crippen LogP contribution in [-0.4, -0.2) is 29.8 Å². The van der Waals surface area contributed by atoms with Crippen LogP contribution in [0, 0.1) is 0 Å². The van der Waals surface area contributed by atoms with Crippen molar-refractivity contribution < 1.29 is 14.3 Å². The quantitative estimate of drug-likeness (QED) is 0.670. The maximum absolute atomic E-state index is 12.3. The van der Waals surface area contributed by atoms with Crippen LogP contribution in [0.25, 0.3) is 16.8 Å². The molecule has 0 aliphatic carbocycles. The van der Waals surface area contributed by atoms with Crippen molar-refractivity contribution >= 4 is 27.4 Å². The number of carbonyl (C=O) groups is 1. The van der Waals surface area contributed by atoms with E-state index in [9.17, 15) is 4.79 Å². The first-order valence-corrected chi connectivity index (χ1v) is 7.34. The number of rotatable bonds is 3. The number of benzene rings is 1. The number of esters is 1. The Morgan fingerprint density at radius 3 is 2.59 bits per heavy atom. The van der Waals surface area contributed by atoms with E-state index < -0.39 is 5.97 Å². The van der Waals surface area contributed by atoms with Crippen molar-refractivity contribution in [2.75, 3.05) is 14.2 Å². The molecule has 0 fully saturated rings. The Kier molecular flexibility index (Phi) is 3.85. The second-order valence-corrected chi connectivity index (χ2v) is 5.52. The monoisotopic (exact) mass is 360 g/mol. The van der Waals surface area contributed by atoms with Crippen LogP contribution < -0.4 is 4.74 Å². The molecule has 0 bridgehead atoms. The molecule has 3 aromatic rings. The summed E-state index contributed by atoms with van der Waals surface area (Å²) in [5, 5.41) is 4.53. The number of nitrogens with zero attached hydrogens (tertiary/aromatic N) is 2. The van der Waals surface area contributed by atoms with E-state index in [1.54, 1.807) is 23.9 Å². The number of fused-ring (bicyclic) bond motifs is 1. The molecular weight excluding hydrogens is 348 g/mol. The van der Waals surface area contributed by atoms with Crippen molar-refractivity contribution in [1.82, 2.24) is 9.61 Å². The lowest BCUT2D eigenvalue weighted by molar-refractivity contribution is 0.0603. The smallest absolute Gasteiger partial charge is 0.342 e. The standard InChI is InChI=1S/C16H13BrN2O3/c1-21-12-8-11(17)9-19-15(12)13(16(20)22-2)14(18-19)10-6-4-3-5-7-10/h3-9H,1-2H3. The van der Waals surface area contributed by atoms with Gasteiger partial charge in [0.05, 0.1) is 14.2 Å². The van der Waals surface area contributed by atoms with Crippen LogP contribution in [0.1, 0.15) is 10.4 Å². The molecule has 0 aliphatic rings. The van der Waals surface area contributed by atoms with Crippen LogP contribution in [0.15, 0.2) is 47.1 Å². The molecule has 0 unspecified atom stereocenters. The molecule has 3 rings (SSSR count). The Labute approximate surface area is 135 Å². The first-order valence-electron chi connectivity index (χ1n) is 6.55. The topological polar surface area (TPSA) is 52.8 Å². The van der Waals surface area contributed by atoms with Crippen LogP contribution in [0.2, 0.25) is 0 Å². The number of hydrogen-bond acceptors (Lipinski definition) is 4. The summed E-state index contributed by atoms with van der Waals surface area (Å²) in [7, 11) is 2.91. The largest absolute Gasteiger partial charge is 0.494 e. The molecule has 6 heteroatoms. The minimum atomic E-state index is -0.450. The number of carbonyl (C=O) groups excluding carboxylic acids is 1. The summed E-state index contributed by atoms with van der Waals surface area (Å²) in [6.45, 7) is 0. The molecule has 0 saturated carbocycles. The van der Waals surface area contributed by atoms with E-state index in [0.29, 0.717) is 22.5 Å². The zero-order valence-electron chi connectivity index (χ0n) is 12.0. The van der Waals surface area contributed by atoms with Crippen LogP contribution in [0.5, 0.6) is 5.75 Å². The lowest BCUT2D eigenvalue weighted by Gasteiger charge is -2.05. The minimum Gasteiger partial charge on any atom is -0.494 e. The van der Waals surface area contributed by atoms with Gasteiger partial charge in [-0.15, -0.1) is 0 Å². The molecule has 0 saturated heterocycles. The number of methoxy groups -OCH3 is 2. The third-order valence-electron chi connectivity index (χ3n) is 3.32. The minimum absolute atomic E-state index is 0.387. The molecule has 0 amide bonds. The highest BCUT2D eigenvalue weighted by molar-refractivity contribution is 9.10. The fraction of sp³-hybridized carbons (Fsp3) is 0.125. The molecule has 22 heavy (non-hydrogen) atoms. The molecule has 0 radical (unpaired) electrons. The van der Waals surface area contributed by atoms with Gasteiger partial charge >= 0.3 is 5.97 Å². The average Bonchev–Trinajstić information content (AvgIpc) is 2.93. The van der Waals surface area contributed by atoms with E-state index in [0.717, 1.165) is 10.0 Å². The fourth-order valence-corrected chi connectivity index (χ4v) is 2.76.